The second-order valence-electron chi connectivity index (χ2n) is 9.49. The summed E-state index contributed by atoms with van der Waals surface area (Å²) in [5.41, 5.74) is 3.08. The molecule has 0 bridgehead atoms. The maximum atomic E-state index is 9.87. The largest absolute Gasteiger partial charge is 0.393 e. The fraction of sp³-hybridized carbons (Fsp3) is 0.640. The molecule has 2 atom stereocenters. The lowest BCUT2D eigenvalue weighted by atomic mass is 9.93. The molecular formula is C25H38N6O. The van der Waals surface area contributed by atoms with Crippen LogP contribution >= 0.6 is 0 Å². The van der Waals surface area contributed by atoms with Crippen LogP contribution in [0.25, 0.3) is 11.3 Å². The molecule has 2 aliphatic rings. The molecule has 1 saturated heterocycles. The van der Waals surface area contributed by atoms with Gasteiger partial charge in [0, 0.05) is 30.5 Å². The van der Waals surface area contributed by atoms with Crippen LogP contribution in [0, 0.1) is 0 Å². The molecule has 32 heavy (non-hydrogen) atoms. The molecule has 0 aromatic carbocycles. The van der Waals surface area contributed by atoms with Crippen molar-refractivity contribution in [3.63, 3.8) is 0 Å². The van der Waals surface area contributed by atoms with Crippen LogP contribution in [0.5, 0.6) is 0 Å². The topological polar surface area (TPSA) is 95.0 Å². The minimum atomic E-state index is -0.173. The molecule has 2 aromatic heterocycles. The molecule has 4 rings (SSSR count). The monoisotopic (exact) mass is 438 g/mol. The van der Waals surface area contributed by atoms with E-state index in [1.807, 2.05) is 12.4 Å². The number of pyridine rings is 1. The predicted molar refractivity (Wildman–Crippen MR) is 130 cm³/mol. The number of aliphatic hydroxyl groups is 1. The second-order valence-corrected chi connectivity index (χ2v) is 9.49. The lowest BCUT2D eigenvalue weighted by Crippen LogP contribution is -2.29. The number of aromatic nitrogens is 3. The fourth-order valence-corrected chi connectivity index (χ4v) is 4.81. The third kappa shape index (κ3) is 6.17. The third-order valence-electron chi connectivity index (χ3n) is 6.67. The molecule has 1 saturated carbocycles. The lowest BCUT2D eigenvalue weighted by Gasteiger charge is -2.27. The highest BCUT2D eigenvalue weighted by Crippen LogP contribution is 2.29. The van der Waals surface area contributed by atoms with Crippen molar-refractivity contribution in [2.45, 2.75) is 95.9 Å². The lowest BCUT2D eigenvalue weighted by molar-refractivity contribution is 0.126. The molecule has 0 radical (unpaired) electrons. The molecule has 0 spiro atoms. The van der Waals surface area contributed by atoms with Crippen LogP contribution in [0.3, 0.4) is 0 Å². The maximum absolute atomic E-state index is 9.87. The molecule has 4 N–H and O–H groups in total. The SMILES string of the molecule is CCC[C@H](C)Nc1ncc(-c2ccc(C[C@H]3CCCN3)cn2)c(NC2CCC(O)CC2)n1. The Bertz CT molecular complexity index is 844. The predicted octanol–water partition coefficient (Wildman–Crippen LogP) is 4.15. The molecule has 2 aromatic rings. The van der Waals surface area contributed by atoms with Crippen LogP contribution in [0.1, 0.15) is 70.8 Å². The number of nitrogens with one attached hydrogen (secondary N) is 3. The van der Waals surface area contributed by atoms with Crippen molar-refractivity contribution in [1.29, 1.82) is 0 Å². The van der Waals surface area contributed by atoms with Crippen LogP contribution in [-0.2, 0) is 6.42 Å². The molecular weight excluding hydrogens is 400 g/mol. The number of hydrogen-bond acceptors (Lipinski definition) is 7. The number of rotatable bonds is 9. The Morgan fingerprint density at radius 3 is 2.66 bits per heavy atom. The van der Waals surface area contributed by atoms with Gasteiger partial charge in [-0.3, -0.25) is 4.98 Å². The van der Waals surface area contributed by atoms with E-state index in [0.29, 0.717) is 24.1 Å². The average molecular weight is 439 g/mol. The molecule has 0 amide bonds. The third-order valence-corrected chi connectivity index (χ3v) is 6.67. The second kappa shape index (κ2) is 11.1. The molecule has 1 aliphatic carbocycles. The minimum Gasteiger partial charge on any atom is -0.393 e. The Labute approximate surface area is 191 Å². The van der Waals surface area contributed by atoms with Crippen molar-refractivity contribution in [3.05, 3.63) is 30.1 Å². The maximum Gasteiger partial charge on any atom is 0.224 e. The van der Waals surface area contributed by atoms with E-state index in [9.17, 15) is 5.11 Å². The zero-order valence-electron chi connectivity index (χ0n) is 19.5. The van der Waals surface area contributed by atoms with E-state index in [2.05, 4.69) is 46.9 Å². The Morgan fingerprint density at radius 1 is 1.12 bits per heavy atom. The van der Waals surface area contributed by atoms with Gasteiger partial charge in [-0.1, -0.05) is 19.4 Å². The van der Waals surface area contributed by atoms with Gasteiger partial charge in [-0.25, -0.2) is 4.98 Å². The van der Waals surface area contributed by atoms with Crippen molar-refractivity contribution in [2.24, 2.45) is 0 Å². The Morgan fingerprint density at radius 2 is 1.97 bits per heavy atom. The van der Waals surface area contributed by atoms with E-state index in [1.54, 1.807) is 0 Å². The summed E-state index contributed by atoms with van der Waals surface area (Å²) >= 11 is 0. The molecule has 7 nitrogen and oxygen atoms in total. The van der Waals surface area contributed by atoms with Gasteiger partial charge < -0.3 is 21.1 Å². The van der Waals surface area contributed by atoms with Gasteiger partial charge in [-0.15, -0.1) is 0 Å². The standard InChI is InChI=1S/C25H38N6O/c1-3-5-17(2)29-25-28-16-22(24(31-25)30-19-8-10-21(32)11-9-19)23-12-7-18(15-27-23)14-20-6-4-13-26-20/h7,12,15-17,19-21,26,32H,3-6,8-11,13-14H2,1-2H3,(H2,28,29,30,31)/t17-,19?,20+,21?/m0/s1. The van der Waals surface area contributed by atoms with E-state index in [-0.39, 0.29) is 6.10 Å². The summed E-state index contributed by atoms with van der Waals surface area (Å²) < 4.78 is 0. The number of aliphatic hydroxyl groups excluding tert-OH is 1. The van der Waals surface area contributed by atoms with Crippen molar-refractivity contribution in [1.82, 2.24) is 20.3 Å². The van der Waals surface area contributed by atoms with Gasteiger partial charge in [0.25, 0.3) is 0 Å². The van der Waals surface area contributed by atoms with E-state index in [1.165, 1.54) is 18.4 Å². The number of nitrogens with zero attached hydrogens (tertiary/aromatic N) is 3. The van der Waals surface area contributed by atoms with Crippen LogP contribution in [0.4, 0.5) is 11.8 Å². The van der Waals surface area contributed by atoms with Crippen molar-refractivity contribution in [2.75, 3.05) is 17.2 Å². The molecule has 174 valence electrons. The summed E-state index contributed by atoms with van der Waals surface area (Å²) in [6, 6.07) is 5.47. The fourth-order valence-electron chi connectivity index (χ4n) is 4.81. The zero-order valence-corrected chi connectivity index (χ0v) is 19.5. The minimum absolute atomic E-state index is 0.173. The molecule has 1 aliphatic heterocycles. The van der Waals surface area contributed by atoms with Gasteiger partial charge in [0.2, 0.25) is 5.95 Å². The summed E-state index contributed by atoms with van der Waals surface area (Å²) in [5, 5.41) is 20.5. The van der Waals surface area contributed by atoms with Crippen LogP contribution in [0.2, 0.25) is 0 Å². The molecule has 7 heteroatoms. The quantitative estimate of drug-likeness (QED) is 0.467. The first kappa shape index (κ1) is 22.9. The first-order valence-electron chi connectivity index (χ1n) is 12.4. The summed E-state index contributed by atoms with van der Waals surface area (Å²) in [4.78, 5) is 14.2. The van der Waals surface area contributed by atoms with Crippen LogP contribution < -0.4 is 16.0 Å². The first-order valence-corrected chi connectivity index (χ1v) is 12.4. The number of anilines is 2. The van der Waals surface area contributed by atoms with Crippen molar-refractivity contribution >= 4 is 11.8 Å². The highest BCUT2D eigenvalue weighted by atomic mass is 16.3. The normalized spacial score (nSPS) is 24.3. The van der Waals surface area contributed by atoms with Gasteiger partial charge >= 0.3 is 0 Å². The summed E-state index contributed by atoms with van der Waals surface area (Å²) in [5.74, 6) is 1.47. The van der Waals surface area contributed by atoms with E-state index >= 15 is 0 Å². The van der Waals surface area contributed by atoms with Crippen LogP contribution in [-0.4, -0.2) is 50.8 Å². The van der Waals surface area contributed by atoms with E-state index in [4.69, 9.17) is 9.97 Å². The van der Waals surface area contributed by atoms with Crippen molar-refractivity contribution < 1.29 is 5.11 Å². The molecule has 2 fully saturated rings. The Balaban J connectivity index is 1.53. The average Bonchev–Trinajstić information content (AvgIpc) is 3.30. The van der Waals surface area contributed by atoms with E-state index < -0.39 is 0 Å². The van der Waals surface area contributed by atoms with Gasteiger partial charge in [-0.05, 0) is 76.5 Å². The molecule has 3 heterocycles. The smallest absolute Gasteiger partial charge is 0.224 e. The van der Waals surface area contributed by atoms with Gasteiger partial charge in [0.05, 0.1) is 17.4 Å². The Hall–Kier alpha value is -2.25. The highest BCUT2D eigenvalue weighted by molar-refractivity contribution is 5.73. The van der Waals surface area contributed by atoms with Gasteiger partial charge in [0.15, 0.2) is 0 Å². The summed E-state index contributed by atoms with van der Waals surface area (Å²) in [7, 11) is 0. The zero-order chi connectivity index (χ0) is 22.3. The first-order chi connectivity index (χ1) is 15.6. The highest BCUT2D eigenvalue weighted by Gasteiger charge is 2.22. The van der Waals surface area contributed by atoms with E-state index in [0.717, 1.165) is 68.6 Å². The Kier molecular flexibility index (Phi) is 7.92. The summed E-state index contributed by atoms with van der Waals surface area (Å²) in [6.07, 6.45) is 13.0. The molecule has 0 unspecified atom stereocenters. The van der Waals surface area contributed by atoms with Gasteiger partial charge in [0.1, 0.15) is 5.82 Å². The number of hydrogen-bond donors (Lipinski definition) is 4. The van der Waals surface area contributed by atoms with Crippen molar-refractivity contribution in [3.8, 4) is 11.3 Å². The van der Waals surface area contributed by atoms with Gasteiger partial charge in [-0.2, -0.15) is 4.98 Å². The van der Waals surface area contributed by atoms with Crippen LogP contribution in [0.15, 0.2) is 24.5 Å². The summed E-state index contributed by atoms with van der Waals surface area (Å²) in [6.45, 7) is 5.47.